The van der Waals surface area contributed by atoms with Crippen LogP contribution >= 0.6 is 15.9 Å². The molecule has 92 valence electrons. The molecule has 2 aromatic rings. The van der Waals surface area contributed by atoms with Crippen molar-refractivity contribution in [2.24, 2.45) is 0 Å². The van der Waals surface area contributed by atoms with Crippen molar-refractivity contribution in [1.29, 1.82) is 0 Å². The highest BCUT2D eigenvalue weighted by atomic mass is 79.9. The van der Waals surface area contributed by atoms with E-state index in [1.54, 1.807) is 13.2 Å². The van der Waals surface area contributed by atoms with Crippen LogP contribution in [0.25, 0.3) is 11.0 Å². The first-order valence-electron chi connectivity index (χ1n) is 5.20. The summed E-state index contributed by atoms with van der Waals surface area (Å²) in [5.74, 6) is 0.452. The molecule has 1 aromatic carbocycles. The minimum atomic E-state index is -0.328. The minimum Gasteiger partial charge on any atom is -0.459 e. The van der Waals surface area contributed by atoms with E-state index >= 15 is 0 Å². The number of fused-ring (bicyclic) bond motifs is 1. The summed E-state index contributed by atoms with van der Waals surface area (Å²) in [5, 5.41) is 3.90. The van der Waals surface area contributed by atoms with Crippen LogP contribution in [-0.4, -0.2) is 14.2 Å². The van der Waals surface area contributed by atoms with E-state index < -0.39 is 0 Å². The maximum atomic E-state index is 13.4. The van der Waals surface area contributed by atoms with Crippen molar-refractivity contribution in [3.63, 3.8) is 0 Å². The van der Waals surface area contributed by atoms with Crippen molar-refractivity contribution < 1.29 is 13.5 Å². The number of hydrogen-bond donors (Lipinski definition) is 1. The van der Waals surface area contributed by atoms with Gasteiger partial charge in [-0.05, 0) is 29.0 Å². The van der Waals surface area contributed by atoms with Crippen LogP contribution in [0.15, 0.2) is 21.0 Å². The molecule has 1 heterocycles. The number of benzene rings is 1. The van der Waals surface area contributed by atoms with Gasteiger partial charge >= 0.3 is 0 Å². The third-order valence-corrected chi connectivity index (χ3v) is 3.15. The molecule has 3 nitrogen and oxygen atoms in total. The van der Waals surface area contributed by atoms with E-state index in [-0.39, 0.29) is 5.82 Å². The fourth-order valence-electron chi connectivity index (χ4n) is 1.80. The SMILES string of the molecule is CNCc1oc2cc(F)c(Br)cc2c1COC. The second-order valence-corrected chi connectivity index (χ2v) is 4.58. The predicted molar refractivity (Wildman–Crippen MR) is 67.3 cm³/mol. The lowest BCUT2D eigenvalue weighted by Gasteiger charge is -2.01. The molecule has 5 heteroatoms. The molecule has 0 aliphatic heterocycles. The van der Waals surface area contributed by atoms with Gasteiger partial charge in [0.15, 0.2) is 0 Å². The monoisotopic (exact) mass is 301 g/mol. The van der Waals surface area contributed by atoms with Gasteiger partial charge in [0.1, 0.15) is 17.2 Å². The summed E-state index contributed by atoms with van der Waals surface area (Å²) in [5.41, 5.74) is 1.50. The van der Waals surface area contributed by atoms with Crippen LogP contribution in [0, 0.1) is 5.82 Å². The highest BCUT2D eigenvalue weighted by Crippen LogP contribution is 2.31. The molecule has 17 heavy (non-hydrogen) atoms. The van der Waals surface area contributed by atoms with Crippen molar-refractivity contribution >= 4 is 26.9 Å². The third-order valence-electron chi connectivity index (χ3n) is 2.54. The summed E-state index contributed by atoms with van der Waals surface area (Å²) < 4.78 is 24.6. The van der Waals surface area contributed by atoms with Crippen LogP contribution < -0.4 is 5.32 Å². The molecule has 2 rings (SSSR count). The molecule has 0 saturated heterocycles. The summed E-state index contributed by atoms with van der Waals surface area (Å²) in [7, 11) is 3.46. The van der Waals surface area contributed by atoms with Crippen molar-refractivity contribution in [3.8, 4) is 0 Å². The molecule has 0 fully saturated rings. The van der Waals surface area contributed by atoms with Gasteiger partial charge in [0.2, 0.25) is 0 Å². The van der Waals surface area contributed by atoms with Crippen molar-refractivity contribution in [2.45, 2.75) is 13.2 Å². The molecule has 0 spiro atoms. The van der Waals surface area contributed by atoms with Crippen LogP contribution in [0.2, 0.25) is 0 Å². The van der Waals surface area contributed by atoms with E-state index in [0.717, 1.165) is 16.7 Å². The molecule has 0 bridgehead atoms. The van der Waals surface area contributed by atoms with Gasteiger partial charge in [-0.2, -0.15) is 0 Å². The standard InChI is InChI=1S/C12H13BrFNO2/c1-15-5-12-8(6-16-2)7-3-9(13)10(14)4-11(7)17-12/h3-4,15H,5-6H2,1-2H3. The zero-order chi connectivity index (χ0) is 12.4. The van der Waals surface area contributed by atoms with Gasteiger partial charge in [-0.25, -0.2) is 4.39 Å². The third kappa shape index (κ3) is 2.36. The Bertz CT molecular complexity index is 539. The highest BCUT2D eigenvalue weighted by Gasteiger charge is 2.15. The van der Waals surface area contributed by atoms with E-state index in [1.807, 2.05) is 7.05 Å². The average molecular weight is 302 g/mol. The van der Waals surface area contributed by atoms with E-state index in [2.05, 4.69) is 21.2 Å². The molecular formula is C12H13BrFNO2. The fourth-order valence-corrected chi connectivity index (χ4v) is 2.14. The lowest BCUT2D eigenvalue weighted by molar-refractivity contribution is 0.183. The maximum absolute atomic E-state index is 13.4. The van der Waals surface area contributed by atoms with Gasteiger partial charge in [-0.3, -0.25) is 0 Å². The van der Waals surface area contributed by atoms with Crippen LogP contribution in [-0.2, 0) is 17.9 Å². The Balaban J connectivity index is 2.62. The number of ether oxygens (including phenoxy) is 1. The second-order valence-electron chi connectivity index (χ2n) is 3.73. The van der Waals surface area contributed by atoms with E-state index in [0.29, 0.717) is 23.2 Å². The first-order chi connectivity index (χ1) is 8.17. The molecule has 1 N–H and O–H groups in total. The van der Waals surface area contributed by atoms with E-state index in [9.17, 15) is 4.39 Å². The summed E-state index contributed by atoms with van der Waals surface area (Å²) in [6.07, 6.45) is 0. The quantitative estimate of drug-likeness (QED) is 0.942. The second kappa shape index (κ2) is 5.16. The van der Waals surface area contributed by atoms with Gasteiger partial charge in [0, 0.05) is 24.1 Å². The number of nitrogens with one attached hydrogen (secondary N) is 1. The Morgan fingerprint density at radius 3 is 2.88 bits per heavy atom. The number of methoxy groups -OCH3 is 1. The lowest BCUT2D eigenvalue weighted by Crippen LogP contribution is -2.06. The molecule has 0 radical (unpaired) electrons. The number of furan rings is 1. The predicted octanol–water partition coefficient (Wildman–Crippen LogP) is 3.20. The minimum absolute atomic E-state index is 0.328. The molecule has 1 aromatic heterocycles. The topological polar surface area (TPSA) is 34.4 Å². The summed E-state index contributed by atoms with van der Waals surface area (Å²) in [6, 6.07) is 3.11. The van der Waals surface area contributed by atoms with Gasteiger partial charge in [-0.1, -0.05) is 0 Å². The molecule has 0 amide bonds. The zero-order valence-electron chi connectivity index (χ0n) is 9.64. The van der Waals surface area contributed by atoms with Gasteiger partial charge in [0.05, 0.1) is 17.6 Å². The number of halogens is 2. The first-order valence-corrected chi connectivity index (χ1v) is 5.99. The summed E-state index contributed by atoms with van der Waals surface area (Å²) in [4.78, 5) is 0. The Hall–Kier alpha value is -0.910. The molecule has 0 saturated carbocycles. The smallest absolute Gasteiger partial charge is 0.141 e. The van der Waals surface area contributed by atoms with Crippen LogP contribution in [0.5, 0.6) is 0 Å². The Morgan fingerprint density at radius 1 is 1.47 bits per heavy atom. The van der Waals surface area contributed by atoms with Gasteiger partial charge < -0.3 is 14.5 Å². The molecule has 0 atom stereocenters. The van der Waals surface area contributed by atoms with Gasteiger partial charge in [-0.15, -0.1) is 0 Å². The Labute approximate surface area is 107 Å². The van der Waals surface area contributed by atoms with Crippen LogP contribution in [0.1, 0.15) is 11.3 Å². The molecule has 0 aliphatic carbocycles. The van der Waals surface area contributed by atoms with E-state index in [1.165, 1.54) is 6.07 Å². The Morgan fingerprint density at radius 2 is 2.24 bits per heavy atom. The zero-order valence-corrected chi connectivity index (χ0v) is 11.2. The normalized spacial score (nSPS) is 11.3. The molecule has 0 unspecified atom stereocenters. The molecular weight excluding hydrogens is 289 g/mol. The first kappa shape index (κ1) is 12.5. The largest absolute Gasteiger partial charge is 0.459 e. The van der Waals surface area contributed by atoms with Gasteiger partial charge in [0.25, 0.3) is 0 Å². The maximum Gasteiger partial charge on any atom is 0.141 e. The lowest BCUT2D eigenvalue weighted by atomic mass is 10.1. The number of rotatable bonds is 4. The summed E-state index contributed by atoms with van der Waals surface area (Å²) >= 11 is 3.18. The van der Waals surface area contributed by atoms with Crippen molar-refractivity contribution in [3.05, 3.63) is 33.7 Å². The van der Waals surface area contributed by atoms with Crippen molar-refractivity contribution in [1.82, 2.24) is 5.32 Å². The average Bonchev–Trinajstić information content (AvgIpc) is 2.59. The van der Waals surface area contributed by atoms with Crippen molar-refractivity contribution in [2.75, 3.05) is 14.2 Å². The number of hydrogen-bond acceptors (Lipinski definition) is 3. The highest BCUT2D eigenvalue weighted by molar-refractivity contribution is 9.10. The fraction of sp³-hybridized carbons (Fsp3) is 0.333. The van der Waals surface area contributed by atoms with Crippen LogP contribution in [0.3, 0.4) is 0 Å². The molecule has 0 aliphatic rings. The Kier molecular flexibility index (Phi) is 3.81. The summed E-state index contributed by atoms with van der Waals surface area (Å²) in [6.45, 7) is 1.04. The van der Waals surface area contributed by atoms with E-state index in [4.69, 9.17) is 9.15 Å². The van der Waals surface area contributed by atoms with Crippen LogP contribution in [0.4, 0.5) is 4.39 Å².